The summed E-state index contributed by atoms with van der Waals surface area (Å²) in [5.41, 5.74) is 0.958. The van der Waals surface area contributed by atoms with Gasteiger partial charge in [-0.1, -0.05) is 30.3 Å². The van der Waals surface area contributed by atoms with Crippen LogP contribution in [0.5, 0.6) is 0 Å². The number of rotatable bonds is 3. The molecule has 0 bridgehead atoms. The third kappa shape index (κ3) is 2.70. The number of hydrogen-bond acceptors (Lipinski definition) is 4. The van der Waals surface area contributed by atoms with E-state index in [1.54, 1.807) is 6.92 Å². The first-order valence-electron chi connectivity index (χ1n) is 6.04. The number of esters is 1. The Balaban J connectivity index is 2.19. The van der Waals surface area contributed by atoms with Crippen molar-refractivity contribution >= 4 is 11.9 Å². The molecule has 1 aliphatic rings. The van der Waals surface area contributed by atoms with Crippen molar-refractivity contribution in [2.75, 3.05) is 0 Å². The summed E-state index contributed by atoms with van der Waals surface area (Å²) in [6, 6.07) is 9.33. The number of carbonyl (C=O) groups excluding carboxylic acids is 1. The zero-order valence-corrected chi connectivity index (χ0v) is 10.8. The van der Waals surface area contributed by atoms with E-state index in [0.717, 1.165) is 5.56 Å². The van der Waals surface area contributed by atoms with E-state index in [-0.39, 0.29) is 18.1 Å². The highest BCUT2D eigenvalue weighted by molar-refractivity contribution is 5.85. The Labute approximate surface area is 107 Å². The van der Waals surface area contributed by atoms with Crippen molar-refractivity contribution in [3.63, 3.8) is 0 Å². The summed E-state index contributed by atoms with van der Waals surface area (Å²) in [6.07, 6.45) is -0.826. The van der Waals surface area contributed by atoms with E-state index < -0.39 is 6.10 Å². The summed E-state index contributed by atoms with van der Waals surface area (Å²) in [7, 11) is 0. The molecule has 0 saturated heterocycles. The second-order valence-corrected chi connectivity index (χ2v) is 4.53. The van der Waals surface area contributed by atoms with Crippen molar-refractivity contribution in [2.24, 2.45) is 4.99 Å². The fourth-order valence-electron chi connectivity index (χ4n) is 1.92. The standard InChI is InChI=1S/C14H17NO3/c1-9(2)17-14(16)13-12(15-10(3)18-13)11-7-5-4-6-8-11/h4-9,12-13H,1-3H3/t12-,13+/m0/s1. The largest absolute Gasteiger partial charge is 0.463 e. The first-order valence-corrected chi connectivity index (χ1v) is 6.04. The lowest BCUT2D eigenvalue weighted by molar-refractivity contribution is -0.156. The maximum absolute atomic E-state index is 12.0. The highest BCUT2D eigenvalue weighted by atomic mass is 16.6. The first kappa shape index (κ1) is 12.6. The van der Waals surface area contributed by atoms with Crippen LogP contribution >= 0.6 is 0 Å². The lowest BCUT2D eigenvalue weighted by Crippen LogP contribution is -2.30. The van der Waals surface area contributed by atoms with Gasteiger partial charge in [-0.3, -0.25) is 0 Å². The van der Waals surface area contributed by atoms with Gasteiger partial charge in [0.1, 0.15) is 6.04 Å². The third-order valence-corrected chi connectivity index (χ3v) is 2.63. The SMILES string of the molecule is CC1=N[C@@H](c2ccccc2)[C@H](C(=O)OC(C)C)O1. The van der Waals surface area contributed by atoms with Gasteiger partial charge in [-0.15, -0.1) is 0 Å². The Hall–Kier alpha value is -1.84. The molecule has 0 amide bonds. The van der Waals surface area contributed by atoms with Crippen LogP contribution in [0.25, 0.3) is 0 Å². The molecule has 1 aliphatic heterocycles. The molecule has 0 unspecified atom stereocenters. The molecule has 1 heterocycles. The Morgan fingerprint density at radius 1 is 1.33 bits per heavy atom. The van der Waals surface area contributed by atoms with Gasteiger partial charge >= 0.3 is 5.97 Å². The van der Waals surface area contributed by atoms with Crippen LogP contribution in [0.2, 0.25) is 0 Å². The molecule has 2 atom stereocenters. The zero-order chi connectivity index (χ0) is 13.1. The summed E-state index contributed by atoms with van der Waals surface area (Å²) in [6.45, 7) is 5.38. The number of nitrogens with zero attached hydrogens (tertiary/aromatic N) is 1. The highest BCUT2D eigenvalue weighted by Crippen LogP contribution is 2.30. The van der Waals surface area contributed by atoms with Crippen LogP contribution in [0.3, 0.4) is 0 Å². The summed E-state index contributed by atoms with van der Waals surface area (Å²) < 4.78 is 10.7. The van der Waals surface area contributed by atoms with Gasteiger partial charge < -0.3 is 9.47 Å². The molecule has 96 valence electrons. The van der Waals surface area contributed by atoms with Gasteiger partial charge in [0.05, 0.1) is 6.10 Å². The minimum absolute atomic E-state index is 0.154. The quantitative estimate of drug-likeness (QED) is 0.771. The van der Waals surface area contributed by atoms with Gasteiger partial charge in [0.2, 0.25) is 6.10 Å². The van der Waals surface area contributed by atoms with Crippen LogP contribution in [0.1, 0.15) is 32.4 Å². The van der Waals surface area contributed by atoms with E-state index in [4.69, 9.17) is 9.47 Å². The van der Waals surface area contributed by atoms with Crippen molar-refractivity contribution < 1.29 is 14.3 Å². The van der Waals surface area contributed by atoms with Crippen molar-refractivity contribution in [1.29, 1.82) is 0 Å². The average molecular weight is 247 g/mol. The normalized spacial score (nSPS) is 22.6. The molecule has 0 spiro atoms. The van der Waals surface area contributed by atoms with Crippen molar-refractivity contribution in [3.05, 3.63) is 35.9 Å². The fraction of sp³-hybridized carbons (Fsp3) is 0.429. The summed E-state index contributed by atoms with van der Waals surface area (Å²) in [5, 5.41) is 0. The molecule has 0 fully saturated rings. The van der Waals surface area contributed by atoms with E-state index in [0.29, 0.717) is 5.90 Å². The minimum Gasteiger partial charge on any atom is -0.463 e. The maximum atomic E-state index is 12.0. The topological polar surface area (TPSA) is 47.9 Å². The Morgan fingerprint density at radius 2 is 2.00 bits per heavy atom. The monoisotopic (exact) mass is 247 g/mol. The molecule has 18 heavy (non-hydrogen) atoms. The van der Waals surface area contributed by atoms with E-state index in [2.05, 4.69) is 4.99 Å². The van der Waals surface area contributed by atoms with E-state index in [1.807, 2.05) is 44.2 Å². The molecule has 4 heteroatoms. The number of benzene rings is 1. The third-order valence-electron chi connectivity index (χ3n) is 2.63. The van der Waals surface area contributed by atoms with Gasteiger partial charge in [-0.05, 0) is 19.4 Å². The van der Waals surface area contributed by atoms with E-state index in [1.165, 1.54) is 0 Å². The molecule has 4 nitrogen and oxygen atoms in total. The van der Waals surface area contributed by atoms with Crippen LogP contribution in [0.15, 0.2) is 35.3 Å². The van der Waals surface area contributed by atoms with Gasteiger partial charge in [0.15, 0.2) is 5.90 Å². The van der Waals surface area contributed by atoms with E-state index >= 15 is 0 Å². The zero-order valence-electron chi connectivity index (χ0n) is 10.8. The molecular weight excluding hydrogens is 230 g/mol. The lowest BCUT2D eigenvalue weighted by Gasteiger charge is -2.18. The number of hydrogen-bond donors (Lipinski definition) is 0. The Morgan fingerprint density at radius 3 is 2.61 bits per heavy atom. The summed E-state index contributed by atoms with van der Waals surface area (Å²) in [5.74, 6) is 0.161. The Kier molecular flexibility index (Phi) is 3.65. The van der Waals surface area contributed by atoms with Gasteiger partial charge in [-0.25, -0.2) is 9.79 Å². The fourth-order valence-corrected chi connectivity index (χ4v) is 1.92. The van der Waals surface area contributed by atoms with Crippen molar-refractivity contribution in [1.82, 2.24) is 0 Å². The average Bonchev–Trinajstić information content (AvgIpc) is 2.72. The van der Waals surface area contributed by atoms with Crippen LogP contribution in [-0.2, 0) is 14.3 Å². The smallest absolute Gasteiger partial charge is 0.350 e. The Bertz CT molecular complexity index is 453. The molecule has 1 aromatic rings. The van der Waals surface area contributed by atoms with Crippen LogP contribution in [0, 0.1) is 0 Å². The predicted molar refractivity (Wildman–Crippen MR) is 68.4 cm³/mol. The second kappa shape index (κ2) is 5.21. The van der Waals surface area contributed by atoms with Crippen LogP contribution in [-0.4, -0.2) is 24.1 Å². The van der Waals surface area contributed by atoms with Gasteiger partial charge in [0.25, 0.3) is 0 Å². The molecule has 0 aromatic heterocycles. The summed E-state index contributed by atoms with van der Waals surface area (Å²) in [4.78, 5) is 16.3. The molecule has 0 N–H and O–H groups in total. The number of ether oxygens (including phenoxy) is 2. The molecule has 2 rings (SSSR count). The maximum Gasteiger partial charge on any atom is 0.350 e. The minimum atomic E-state index is -0.671. The van der Waals surface area contributed by atoms with Crippen LogP contribution in [0.4, 0.5) is 0 Å². The van der Waals surface area contributed by atoms with Gasteiger partial charge in [-0.2, -0.15) is 0 Å². The first-order chi connectivity index (χ1) is 8.58. The number of carbonyl (C=O) groups is 1. The molecule has 0 aliphatic carbocycles. The molecular formula is C14H17NO3. The predicted octanol–water partition coefficient (Wildman–Crippen LogP) is 2.50. The van der Waals surface area contributed by atoms with E-state index in [9.17, 15) is 4.79 Å². The molecule has 0 radical (unpaired) electrons. The van der Waals surface area contributed by atoms with Crippen molar-refractivity contribution in [2.45, 2.75) is 39.0 Å². The second-order valence-electron chi connectivity index (χ2n) is 4.53. The lowest BCUT2D eigenvalue weighted by atomic mass is 10.0. The highest BCUT2D eigenvalue weighted by Gasteiger charge is 2.38. The number of aliphatic imine (C=N–C) groups is 1. The summed E-state index contributed by atoms with van der Waals surface area (Å²) >= 11 is 0. The van der Waals surface area contributed by atoms with Gasteiger partial charge in [0, 0.05) is 6.92 Å². The molecule has 1 aromatic carbocycles. The van der Waals surface area contributed by atoms with Crippen LogP contribution < -0.4 is 0 Å². The van der Waals surface area contributed by atoms with Crippen molar-refractivity contribution in [3.8, 4) is 0 Å². The molecule has 0 saturated carbocycles.